The summed E-state index contributed by atoms with van der Waals surface area (Å²) in [5.74, 6) is -2.26. The maximum atomic E-state index is 10.5. The van der Waals surface area contributed by atoms with E-state index >= 15 is 0 Å². The van der Waals surface area contributed by atoms with Crippen LogP contribution in [0.15, 0.2) is 23.3 Å². The Bertz CT molecular complexity index is 260. The lowest BCUT2D eigenvalue weighted by Crippen LogP contribution is -2.03. The zero-order valence-electron chi connectivity index (χ0n) is 6.87. The smallest absolute Gasteiger partial charge is 0.335 e. The first kappa shape index (κ1) is 10.4. The number of carboxylic acid groups (broad SMARTS) is 2. The zero-order valence-corrected chi connectivity index (χ0v) is 6.87. The van der Waals surface area contributed by atoms with Crippen LogP contribution in [-0.2, 0) is 9.59 Å². The van der Waals surface area contributed by atoms with Gasteiger partial charge in [-0.25, -0.2) is 9.59 Å². The van der Waals surface area contributed by atoms with Gasteiger partial charge in [0.25, 0.3) is 0 Å². The van der Waals surface area contributed by atoms with E-state index in [2.05, 4.69) is 0 Å². The topological polar surface area (TPSA) is 74.6 Å². The lowest BCUT2D eigenvalue weighted by Gasteiger charge is -1.98. The predicted molar refractivity (Wildman–Crippen MR) is 42.8 cm³/mol. The van der Waals surface area contributed by atoms with Crippen LogP contribution in [-0.4, -0.2) is 22.2 Å². The fraction of sp³-hybridized carbons (Fsp3) is 0.250. The molecular formula is C8H10O4. The van der Waals surface area contributed by atoms with E-state index in [4.69, 9.17) is 10.2 Å². The Hall–Kier alpha value is -1.58. The normalized spacial score (nSPS) is 12.8. The molecule has 0 heterocycles. The van der Waals surface area contributed by atoms with E-state index in [9.17, 15) is 9.59 Å². The van der Waals surface area contributed by atoms with E-state index in [-0.39, 0.29) is 11.1 Å². The van der Waals surface area contributed by atoms with Crippen molar-refractivity contribution >= 4 is 11.9 Å². The summed E-state index contributed by atoms with van der Waals surface area (Å²) in [5, 5.41) is 16.9. The number of rotatable bonds is 3. The summed E-state index contributed by atoms with van der Waals surface area (Å²) < 4.78 is 0. The Morgan fingerprint density at radius 2 is 1.75 bits per heavy atom. The lowest BCUT2D eigenvalue weighted by atomic mass is 10.1. The van der Waals surface area contributed by atoms with E-state index in [1.807, 2.05) is 0 Å². The van der Waals surface area contributed by atoms with Crippen LogP contribution in [0.1, 0.15) is 13.8 Å². The molecule has 0 saturated carbocycles. The molecule has 0 amide bonds. The van der Waals surface area contributed by atoms with Crippen molar-refractivity contribution in [2.24, 2.45) is 0 Å². The van der Waals surface area contributed by atoms with Crippen molar-refractivity contribution in [2.45, 2.75) is 13.8 Å². The van der Waals surface area contributed by atoms with Crippen molar-refractivity contribution in [1.82, 2.24) is 0 Å². The average Bonchev–Trinajstić information content (AvgIpc) is 1.85. The van der Waals surface area contributed by atoms with Gasteiger partial charge in [-0.1, -0.05) is 6.08 Å². The van der Waals surface area contributed by atoms with Gasteiger partial charge in [-0.3, -0.25) is 0 Å². The summed E-state index contributed by atoms with van der Waals surface area (Å²) in [6, 6.07) is 0. The molecule has 0 aliphatic heterocycles. The molecule has 0 radical (unpaired) electrons. The SMILES string of the molecule is C/C=C(C(=O)O)\C(C)=C/C(=O)O. The summed E-state index contributed by atoms with van der Waals surface area (Å²) in [4.78, 5) is 20.6. The Morgan fingerprint density at radius 3 is 2.00 bits per heavy atom. The Labute approximate surface area is 69.8 Å². The van der Waals surface area contributed by atoms with Gasteiger partial charge in [0.05, 0.1) is 5.57 Å². The number of carbonyl (C=O) groups is 2. The van der Waals surface area contributed by atoms with E-state index < -0.39 is 11.9 Å². The van der Waals surface area contributed by atoms with Crippen molar-refractivity contribution in [3.8, 4) is 0 Å². The zero-order chi connectivity index (χ0) is 9.72. The van der Waals surface area contributed by atoms with E-state index in [0.29, 0.717) is 0 Å². The second-order valence-electron chi connectivity index (χ2n) is 2.17. The fourth-order valence-corrected chi connectivity index (χ4v) is 0.783. The van der Waals surface area contributed by atoms with Gasteiger partial charge in [-0.05, 0) is 19.4 Å². The molecule has 0 bridgehead atoms. The molecule has 12 heavy (non-hydrogen) atoms. The molecule has 0 saturated heterocycles. The number of allylic oxidation sites excluding steroid dienone is 1. The van der Waals surface area contributed by atoms with Crippen molar-refractivity contribution in [2.75, 3.05) is 0 Å². The minimum Gasteiger partial charge on any atom is -0.478 e. The first-order chi connectivity index (χ1) is 5.49. The maximum absolute atomic E-state index is 10.5. The van der Waals surface area contributed by atoms with Crippen LogP contribution < -0.4 is 0 Å². The third-order valence-electron chi connectivity index (χ3n) is 1.28. The molecular weight excluding hydrogens is 160 g/mol. The molecule has 0 spiro atoms. The number of hydrogen-bond donors (Lipinski definition) is 2. The first-order valence-electron chi connectivity index (χ1n) is 3.30. The Balaban J connectivity index is 4.78. The van der Waals surface area contributed by atoms with Crippen molar-refractivity contribution < 1.29 is 19.8 Å². The minimum absolute atomic E-state index is 0.0115. The third-order valence-corrected chi connectivity index (χ3v) is 1.28. The highest BCUT2D eigenvalue weighted by Crippen LogP contribution is 2.08. The van der Waals surface area contributed by atoms with Crippen LogP contribution in [0.5, 0.6) is 0 Å². The van der Waals surface area contributed by atoms with Gasteiger partial charge in [0, 0.05) is 6.08 Å². The Kier molecular flexibility index (Phi) is 3.76. The first-order valence-corrected chi connectivity index (χ1v) is 3.30. The van der Waals surface area contributed by atoms with Gasteiger partial charge in [0.15, 0.2) is 0 Å². The average molecular weight is 170 g/mol. The second-order valence-corrected chi connectivity index (χ2v) is 2.17. The van der Waals surface area contributed by atoms with Crippen LogP contribution in [0.4, 0.5) is 0 Å². The van der Waals surface area contributed by atoms with E-state index in [0.717, 1.165) is 6.08 Å². The van der Waals surface area contributed by atoms with Gasteiger partial charge in [0.2, 0.25) is 0 Å². The fourth-order valence-electron chi connectivity index (χ4n) is 0.783. The standard InChI is InChI=1S/C8H10O4/c1-3-6(8(11)12)5(2)4-7(9)10/h3-4H,1-2H3,(H,9,10)(H,11,12)/b5-4-,6-3+. The molecule has 0 rings (SSSR count). The van der Waals surface area contributed by atoms with Crippen molar-refractivity contribution in [3.63, 3.8) is 0 Å². The number of carboxylic acids is 2. The molecule has 0 aromatic carbocycles. The van der Waals surface area contributed by atoms with Gasteiger partial charge < -0.3 is 10.2 Å². The molecule has 0 aromatic heterocycles. The molecule has 0 fully saturated rings. The molecule has 0 aliphatic rings. The highest BCUT2D eigenvalue weighted by Gasteiger charge is 2.08. The predicted octanol–water partition coefficient (Wildman–Crippen LogP) is 1.05. The molecule has 4 nitrogen and oxygen atoms in total. The molecule has 0 unspecified atom stereocenters. The number of aliphatic carboxylic acids is 2. The van der Waals surface area contributed by atoms with Crippen molar-refractivity contribution in [3.05, 3.63) is 23.3 Å². The van der Waals surface area contributed by atoms with Crippen LogP contribution >= 0.6 is 0 Å². The van der Waals surface area contributed by atoms with E-state index in [1.165, 1.54) is 13.0 Å². The highest BCUT2D eigenvalue weighted by atomic mass is 16.4. The van der Waals surface area contributed by atoms with Crippen LogP contribution in [0, 0.1) is 0 Å². The Morgan fingerprint density at radius 1 is 1.25 bits per heavy atom. The molecule has 0 aliphatic carbocycles. The van der Waals surface area contributed by atoms with Crippen molar-refractivity contribution in [1.29, 1.82) is 0 Å². The minimum atomic E-state index is -1.15. The summed E-state index contributed by atoms with van der Waals surface area (Å²) in [5.41, 5.74) is 0.245. The van der Waals surface area contributed by atoms with Gasteiger partial charge in [-0.2, -0.15) is 0 Å². The summed E-state index contributed by atoms with van der Waals surface area (Å²) in [7, 11) is 0. The van der Waals surface area contributed by atoms with Gasteiger partial charge in [-0.15, -0.1) is 0 Å². The lowest BCUT2D eigenvalue weighted by molar-refractivity contribution is -0.132. The van der Waals surface area contributed by atoms with Crippen LogP contribution in [0.3, 0.4) is 0 Å². The van der Waals surface area contributed by atoms with Gasteiger partial charge >= 0.3 is 11.9 Å². The largest absolute Gasteiger partial charge is 0.478 e. The quantitative estimate of drug-likeness (QED) is 0.490. The van der Waals surface area contributed by atoms with Crippen LogP contribution in [0.25, 0.3) is 0 Å². The molecule has 4 heteroatoms. The highest BCUT2D eigenvalue weighted by molar-refractivity contribution is 5.94. The molecule has 0 atom stereocenters. The monoisotopic (exact) mass is 170 g/mol. The third kappa shape index (κ3) is 3.01. The summed E-state index contributed by atoms with van der Waals surface area (Å²) >= 11 is 0. The summed E-state index contributed by atoms with van der Waals surface area (Å²) in [6.07, 6.45) is 2.22. The summed E-state index contributed by atoms with van der Waals surface area (Å²) in [6.45, 7) is 2.99. The molecule has 66 valence electrons. The second kappa shape index (κ2) is 4.33. The molecule has 2 N–H and O–H groups in total. The van der Waals surface area contributed by atoms with E-state index in [1.54, 1.807) is 6.92 Å². The molecule has 0 aromatic rings. The maximum Gasteiger partial charge on any atom is 0.335 e. The number of hydrogen-bond acceptors (Lipinski definition) is 2. The van der Waals surface area contributed by atoms with Gasteiger partial charge in [0.1, 0.15) is 0 Å². The van der Waals surface area contributed by atoms with Crippen LogP contribution in [0.2, 0.25) is 0 Å².